The molecule has 5 heteroatoms. The van der Waals surface area contributed by atoms with Crippen LogP contribution < -0.4 is 4.74 Å². The van der Waals surface area contributed by atoms with E-state index in [2.05, 4.69) is 157 Å². The van der Waals surface area contributed by atoms with Gasteiger partial charge in [0.2, 0.25) is 0 Å². The maximum atomic E-state index is 6.75. The summed E-state index contributed by atoms with van der Waals surface area (Å²) in [5.74, 6) is 3.31. The normalized spacial score (nSPS) is 12.1. The van der Waals surface area contributed by atoms with Gasteiger partial charge in [-0.1, -0.05) is 98.2 Å². The van der Waals surface area contributed by atoms with E-state index in [9.17, 15) is 0 Å². The lowest BCUT2D eigenvalue weighted by molar-refractivity contribution is 0.482. The largest absolute Gasteiger partial charge is 0.457 e. The Kier molecular flexibility index (Phi) is 9.32. The molecule has 0 bridgehead atoms. The van der Waals surface area contributed by atoms with Crippen LogP contribution in [-0.4, -0.2) is 19.3 Å². The molecular formula is C46H50N4O. The predicted octanol–water partition coefficient (Wildman–Crippen LogP) is 12.7. The van der Waals surface area contributed by atoms with E-state index in [1.54, 1.807) is 0 Å². The third-order valence-electron chi connectivity index (χ3n) is 10.0. The van der Waals surface area contributed by atoms with Gasteiger partial charge in [0.1, 0.15) is 17.3 Å². The summed E-state index contributed by atoms with van der Waals surface area (Å²) >= 11 is 0. The topological polar surface area (TPSA) is 44.9 Å². The Labute approximate surface area is 302 Å². The molecule has 0 aliphatic rings. The van der Waals surface area contributed by atoms with Crippen molar-refractivity contribution in [1.82, 2.24) is 19.3 Å². The summed E-state index contributed by atoms with van der Waals surface area (Å²) in [5.41, 5.74) is 10.8. The molecule has 3 aromatic heterocycles. The number of ether oxygens (including phenoxy) is 1. The van der Waals surface area contributed by atoms with Gasteiger partial charge in [-0.15, -0.1) is 0 Å². The van der Waals surface area contributed by atoms with Gasteiger partial charge in [-0.25, -0.2) is 9.67 Å². The molecule has 3 heterocycles. The summed E-state index contributed by atoms with van der Waals surface area (Å²) in [5, 5.41) is 7.28. The van der Waals surface area contributed by atoms with E-state index in [1.165, 1.54) is 38.6 Å². The number of pyridine rings is 1. The van der Waals surface area contributed by atoms with Gasteiger partial charge in [0.15, 0.2) is 0 Å². The van der Waals surface area contributed by atoms with Crippen molar-refractivity contribution in [3.05, 3.63) is 132 Å². The van der Waals surface area contributed by atoms with Gasteiger partial charge in [0.05, 0.1) is 22.9 Å². The maximum Gasteiger partial charge on any atom is 0.137 e. The lowest BCUT2D eigenvalue weighted by atomic mass is 9.86. The molecule has 7 aromatic rings. The monoisotopic (exact) mass is 674 g/mol. The predicted molar refractivity (Wildman–Crippen MR) is 213 cm³/mol. The zero-order chi connectivity index (χ0) is 35.9. The number of unbranched alkanes of at least 4 members (excludes halogenated alkanes) is 1. The van der Waals surface area contributed by atoms with E-state index in [0.29, 0.717) is 11.8 Å². The number of nitrogens with zero attached hydrogens (tertiary/aromatic N) is 4. The van der Waals surface area contributed by atoms with Crippen LogP contribution in [0.5, 0.6) is 11.5 Å². The second-order valence-electron chi connectivity index (χ2n) is 15.5. The van der Waals surface area contributed by atoms with Crippen LogP contribution in [0.15, 0.2) is 110 Å². The zero-order valence-corrected chi connectivity index (χ0v) is 31.4. The van der Waals surface area contributed by atoms with E-state index in [4.69, 9.17) is 14.8 Å². The molecule has 260 valence electrons. The molecule has 0 fully saturated rings. The van der Waals surface area contributed by atoms with Gasteiger partial charge in [-0.2, -0.15) is 5.10 Å². The molecule has 0 aliphatic heterocycles. The quantitative estimate of drug-likeness (QED) is 0.145. The molecule has 0 amide bonds. The highest BCUT2D eigenvalue weighted by molar-refractivity contribution is 6.09. The third kappa shape index (κ3) is 6.82. The van der Waals surface area contributed by atoms with Gasteiger partial charge in [0, 0.05) is 40.9 Å². The van der Waals surface area contributed by atoms with Crippen molar-refractivity contribution in [3.63, 3.8) is 0 Å². The fourth-order valence-corrected chi connectivity index (χ4v) is 7.24. The summed E-state index contributed by atoms with van der Waals surface area (Å²) in [6.45, 7) is 18.0. The Morgan fingerprint density at radius 3 is 2.22 bits per heavy atom. The average molecular weight is 675 g/mol. The van der Waals surface area contributed by atoms with Crippen molar-refractivity contribution in [2.45, 2.75) is 91.9 Å². The summed E-state index contributed by atoms with van der Waals surface area (Å²) in [7, 11) is 0. The third-order valence-corrected chi connectivity index (χ3v) is 10.0. The average Bonchev–Trinajstić information content (AvgIpc) is 3.73. The minimum atomic E-state index is 0.00901. The van der Waals surface area contributed by atoms with Crippen molar-refractivity contribution in [3.8, 4) is 34.1 Å². The molecule has 0 radical (unpaired) electrons. The van der Waals surface area contributed by atoms with Gasteiger partial charge >= 0.3 is 0 Å². The standard InChI is InChI=1S/C46H50N4O/c1-9-10-14-32-23-35(49-29-33(28-48-49)45-38(30(2)3)16-13-17-39(45)31(4)5)26-37(24-32)51-36-19-20-41-40-15-11-12-18-42(40)50(43(41)27-36)44-25-34(21-22-47-44)46(6,7)8/h11-13,15-31H,9-10,14H2,1-8H3. The lowest BCUT2D eigenvalue weighted by Crippen LogP contribution is -2.12. The first kappa shape index (κ1) is 34.3. The number of aryl methyl sites for hydroxylation is 1. The van der Waals surface area contributed by atoms with Crippen LogP contribution in [0.3, 0.4) is 0 Å². The maximum absolute atomic E-state index is 6.75. The Balaban J connectivity index is 1.31. The van der Waals surface area contributed by atoms with Crippen molar-refractivity contribution in [2.75, 3.05) is 0 Å². The summed E-state index contributed by atoms with van der Waals surface area (Å²) in [6, 6.07) is 32.6. The number of hydrogen-bond acceptors (Lipinski definition) is 3. The molecule has 0 N–H and O–H groups in total. The molecule has 0 unspecified atom stereocenters. The number of benzene rings is 4. The minimum absolute atomic E-state index is 0.00901. The number of hydrogen-bond donors (Lipinski definition) is 0. The second-order valence-corrected chi connectivity index (χ2v) is 15.5. The summed E-state index contributed by atoms with van der Waals surface area (Å²) in [6.07, 6.45) is 9.33. The first-order valence-corrected chi connectivity index (χ1v) is 18.5. The highest BCUT2D eigenvalue weighted by Crippen LogP contribution is 2.38. The Morgan fingerprint density at radius 1 is 0.745 bits per heavy atom. The molecule has 4 aromatic carbocycles. The highest BCUT2D eigenvalue weighted by Gasteiger charge is 2.20. The van der Waals surface area contributed by atoms with Gasteiger partial charge in [0.25, 0.3) is 0 Å². The van der Waals surface area contributed by atoms with Gasteiger partial charge in [-0.05, 0) is 100 Å². The van der Waals surface area contributed by atoms with E-state index in [0.717, 1.165) is 58.9 Å². The number of para-hydroxylation sites is 1. The molecule has 0 spiro atoms. The molecule has 0 atom stereocenters. The zero-order valence-electron chi connectivity index (χ0n) is 31.4. The first-order chi connectivity index (χ1) is 24.5. The number of fused-ring (bicyclic) bond motifs is 3. The lowest BCUT2D eigenvalue weighted by Gasteiger charge is -2.20. The molecule has 5 nitrogen and oxygen atoms in total. The molecule has 7 rings (SSSR count). The Hall–Kier alpha value is -5.16. The van der Waals surface area contributed by atoms with Crippen LogP contribution in [0.1, 0.15) is 102 Å². The van der Waals surface area contributed by atoms with Crippen LogP contribution in [0.2, 0.25) is 0 Å². The Morgan fingerprint density at radius 2 is 1.49 bits per heavy atom. The van der Waals surface area contributed by atoms with Crippen LogP contribution in [-0.2, 0) is 11.8 Å². The number of rotatable bonds is 10. The molecule has 0 saturated carbocycles. The number of aromatic nitrogens is 4. The SMILES string of the molecule is CCCCc1cc(Oc2ccc3c4ccccc4n(-c4cc(C(C)(C)C)ccn4)c3c2)cc(-n2cc(-c3c(C(C)C)cccc3C(C)C)cn2)c1. The molecule has 51 heavy (non-hydrogen) atoms. The fraction of sp³-hybridized carbons (Fsp3) is 0.304. The van der Waals surface area contributed by atoms with Gasteiger partial charge < -0.3 is 4.74 Å². The minimum Gasteiger partial charge on any atom is -0.457 e. The molecular weight excluding hydrogens is 625 g/mol. The van der Waals surface area contributed by atoms with Crippen molar-refractivity contribution in [2.24, 2.45) is 0 Å². The van der Waals surface area contributed by atoms with Crippen LogP contribution in [0.25, 0.3) is 44.4 Å². The van der Waals surface area contributed by atoms with Crippen molar-refractivity contribution >= 4 is 21.8 Å². The van der Waals surface area contributed by atoms with E-state index >= 15 is 0 Å². The summed E-state index contributed by atoms with van der Waals surface area (Å²) < 4.78 is 11.0. The van der Waals surface area contributed by atoms with Crippen LogP contribution >= 0.6 is 0 Å². The smallest absolute Gasteiger partial charge is 0.137 e. The second kappa shape index (κ2) is 13.9. The fourth-order valence-electron chi connectivity index (χ4n) is 7.24. The first-order valence-electron chi connectivity index (χ1n) is 18.5. The van der Waals surface area contributed by atoms with Crippen molar-refractivity contribution in [1.29, 1.82) is 0 Å². The highest BCUT2D eigenvalue weighted by atomic mass is 16.5. The van der Waals surface area contributed by atoms with Crippen LogP contribution in [0, 0.1) is 0 Å². The molecule has 0 saturated heterocycles. The van der Waals surface area contributed by atoms with E-state index < -0.39 is 0 Å². The van der Waals surface area contributed by atoms with Crippen LogP contribution in [0.4, 0.5) is 0 Å². The van der Waals surface area contributed by atoms with E-state index in [-0.39, 0.29) is 5.41 Å². The summed E-state index contributed by atoms with van der Waals surface area (Å²) in [4.78, 5) is 4.86. The van der Waals surface area contributed by atoms with Crippen molar-refractivity contribution < 1.29 is 4.74 Å². The van der Waals surface area contributed by atoms with Gasteiger partial charge in [-0.3, -0.25) is 4.57 Å². The van der Waals surface area contributed by atoms with E-state index in [1.807, 2.05) is 17.1 Å². The molecule has 0 aliphatic carbocycles. The Bertz CT molecular complexity index is 2310.